The molecular formula is H2B4K12O13. The fraction of sp³-hybridized carbons (Fsp3) is 0. The molecule has 29 heteroatoms. The van der Waals surface area contributed by atoms with E-state index in [1.165, 1.54) is 0 Å². The summed E-state index contributed by atoms with van der Waals surface area (Å²) in [6, 6.07) is 0. The molecule has 104 valence electrons. The maximum atomic E-state index is 8.42. The molecule has 13 nitrogen and oxygen atoms in total. The molecule has 0 spiro atoms. The zero-order chi connectivity index (χ0) is 14.3. The Morgan fingerprint density at radius 3 is 0.207 bits per heavy atom. The minimum atomic E-state index is -2.92. The third-order valence-corrected chi connectivity index (χ3v) is 0. The monoisotopic (exact) mass is 722 g/mol. The van der Waals surface area contributed by atoms with E-state index in [0.29, 0.717) is 0 Å². The molecule has 0 aromatic carbocycles. The Morgan fingerprint density at radius 1 is 0.207 bits per heavy atom. The van der Waals surface area contributed by atoms with Gasteiger partial charge in [0.2, 0.25) is 0 Å². The van der Waals surface area contributed by atoms with Crippen LogP contribution in [0.2, 0.25) is 0 Å². The molecule has 0 fully saturated rings. The normalized spacial score (nSPS) is 3.72. The van der Waals surface area contributed by atoms with Crippen molar-refractivity contribution in [3.63, 3.8) is 0 Å². The van der Waals surface area contributed by atoms with E-state index in [-0.39, 0.29) is 622 Å². The molecule has 0 aliphatic heterocycles. The fourth-order valence-electron chi connectivity index (χ4n) is 0. The Hall–Kier alpha value is 19.4. The van der Waals surface area contributed by atoms with Gasteiger partial charge in [-0.2, -0.15) is 0 Å². The van der Waals surface area contributed by atoms with E-state index in [0.717, 1.165) is 0 Å². The van der Waals surface area contributed by atoms with E-state index < -0.39 is 29.3 Å². The average molecular weight is 722 g/mol. The molecule has 2 N–H and O–H groups in total. The van der Waals surface area contributed by atoms with E-state index >= 15 is 0 Å². The van der Waals surface area contributed by atoms with Crippen LogP contribution in [-0.4, -0.2) is 34.8 Å². The van der Waals surface area contributed by atoms with Crippen LogP contribution >= 0.6 is 0 Å². The van der Waals surface area contributed by atoms with Crippen molar-refractivity contribution in [3.8, 4) is 0 Å². The quantitative estimate of drug-likeness (QED) is 0.211. The van der Waals surface area contributed by atoms with Crippen LogP contribution in [-0.2, 0) is 0 Å². The Balaban J connectivity index is -0.00000000384. The molecule has 0 saturated carbocycles. The van der Waals surface area contributed by atoms with Crippen LogP contribution < -0.4 is 677 Å². The molecule has 0 rings (SSSR count). The van der Waals surface area contributed by atoms with E-state index in [9.17, 15) is 0 Å². The van der Waals surface area contributed by atoms with Crippen LogP contribution in [0.3, 0.4) is 0 Å². The standard InChI is InChI=1S/4BO3.12K.H2O/c4*2-1(3)4;;;;;;;;;;;;;/h;;;;;;;;;;;;;;;;1H2/q4*-3;12*+1;. The van der Waals surface area contributed by atoms with E-state index in [4.69, 9.17) is 60.3 Å². The summed E-state index contributed by atoms with van der Waals surface area (Å²) < 4.78 is 0. The molecule has 29 heavy (non-hydrogen) atoms. The van der Waals surface area contributed by atoms with Crippen molar-refractivity contribution in [2.45, 2.75) is 0 Å². The number of hydrogen-bond acceptors (Lipinski definition) is 12. The van der Waals surface area contributed by atoms with Crippen molar-refractivity contribution in [1.29, 1.82) is 0 Å². The van der Waals surface area contributed by atoms with Gasteiger partial charge in [-0.25, -0.2) is 0 Å². The molecule has 0 aliphatic rings. The van der Waals surface area contributed by atoms with Gasteiger partial charge in [0, 0.05) is 0 Å². The van der Waals surface area contributed by atoms with Crippen molar-refractivity contribution >= 4 is 29.3 Å². The summed E-state index contributed by atoms with van der Waals surface area (Å²) in [6.45, 7) is 0. The van der Waals surface area contributed by atoms with Crippen molar-refractivity contribution < 1.29 is 682 Å². The zero-order valence-corrected chi connectivity index (χ0v) is 57.2. The molecule has 0 unspecified atom stereocenters. The minimum absolute atomic E-state index is 0. The van der Waals surface area contributed by atoms with Gasteiger partial charge >= 0.3 is 617 Å². The van der Waals surface area contributed by atoms with Gasteiger partial charge in [-0.05, 0) is 0 Å². The van der Waals surface area contributed by atoms with Crippen LogP contribution in [0.5, 0.6) is 0 Å². The molecule has 0 bridgehead atoms. The van der Waals surface area contributed by atoms with Crippen molar-refractivity contribution in [3.05, 3.63) is 0 Å². The largest absolute Gasteiger partial charge is 1.00 e. The Kier molecular flexibility index (Phi) is 394. The topological polar surface area (TPSA) is 308 Å². The SMILES string of the molecule is O.[K+].[K+].[K+].[K+].[K+].[K+].[K+].[K+].[K+].[K+].[K+].[K+].[O-]B([O-])[O-].[O-]B([O-])[O-].[O-]B([O-])[O-].[O-]B([O-])[O-]. The van der Waals surface area contributed by atoms with E-state index in [1.807, 2.05) is 0 Å². The van der Waals surface area contributed by atoms with E-state index in [2.05, 4.69) is 0 Å². The van der Waals surface area contributed by atoms with Gasteiger partial charge in [0.25, 0.3) is 0 Å². The smallest absolute Gasteiger partial charge is 0.907 e. The second kappa shape index (κ2) is 104. The van der Waals surface area contributed by atoms with Gasteiger partial charge < -0.3 is 65.8 Å². The van der Waals surface area contributed by atoms with Crippen molar-refractivity contribution in [1.82, 2.24) is 0 Å². The summed E-state index contributed by atoms with van der Waals surface area (Å²) in [5.74, 6) is 0. The summed E-state index contributed by atoms with van der Waals surface area (Å²) in [4.78, 5) is 0. The molecular weight excluding hydrogens is 720 g/mol. The average Bonchev–Trinajstić information content (AvgIpc) is 1.76. The number of rotatable bonds is 0. The Morgan fingerprint density at radius 2 is 0.207 bits per heavy atom. The molecule has 0 aromatic rings. The predicted octanol–water partition coefficient (Wildman–Crippen LogP) is -52.6. The maximum Gasteiger partial charge on any atom is 1.00 e. The molecule has 0 saturated heterocycles. The van der Waals surface area contributed by atoms with Crippen molar-refractivity contribution in [2.24, 2.45) is 0 Å². The molecule has 0 aliphatic carbocycles. The van der Waals surface area contributed by atoms with Gasteiger partial charge in [0.15, 0.2) is 0 Å². The van der Waals surface area contributed by atoms with Crippen LogP contribution in [0.15, 0.2) is 0 Å². The fourth-order valence-corrected chi connectivity index (χ4v) is 0. The van der Waals surface area contributed by atoms with E-state index in [1.54, 1.807) is 0 Å². The van der Waals surface area contributed by atoms with Crippen molar-refractivity contribution in [2.75, 3.05) is 0 Å². The second-order valence-electron chi connectivity index (χ2n) is 1.15. The second-order valence-corrected chi connectivity index (χ2v) is 1.15. The summed E-state index contributed by atoms with van der Waals surface area (Å²) in [7, 11) is -11.7. The maximum absolute atomic E-state index is 8.42. The van der Waals surface area contributed by atoms with Crippen LogP contribution in [0.4, 0.5) is 0 Å². The van der Waals surface area contributed by atoms with Gasteiger partial charge in [0.1, 0.15) is 0 Å². The summed E-state index contributed by atoms with van der Waals surface area (Å²) in [6.07, 6.45) is 0. The number of hydrogen-bond donors (Lipinski definition) is 0. The molecule has 0 heterocycles. The van der Waals surface area contributed by atoms with Gasteiger partial charge in [-0.1, -0.05) is 0 Å². The molecule has 0 radical (unpaired) electrons. The predicted molar refractivity (Wildman–Crippen MR) is 26.6 cm³/mol. The Bertz CT molecular complexity index is 84.8. The van der Waals surface area contributed by atoms with Crippen LogP contribution in [0, 0.1) is 0 Å². The molecule has 0 amide bonds. The Labute approximate surface area is 683 Å². The molecule has 0 atom stereocenters. The first kappa shape index (κ1) is 110. The summed E-state index contributed by atoms with van der Waals surface area (Å²) in [5, 5.41) is 101. The van der Waals surface area contributed by atoms with Gasteiger partial charge in [0.05, 0.1) is 0 Å². The zero-order valence-electron chi connectivity index (χ0n) is 19.7. The van der Waals surface area contributed by atoms with Crippen LogP contribution in [0.25, 0.3) is 0 Å². The first-order valence-corrected chi connectivity index (χ1v) is 2.83. The summed E-state index contributed by atoms with van der Waals surface area (Å²) in [5.41, 5.74) is 0. The molecule has 0 aromatic heterocycles. The van der Waals surface area contributed by atoms with Gasteiger partial charge in [-0.3, -0.25) is 29.3 Å². The first-order valence-electron chi connectivity index (χ1n) is 2.83. The minimum Gasteiger partial charge on any atom is -0.907 e. The third-order valence-electron chi connectivity index (χ3n) is 0. The van der Waals surface area contributed by atoms with Gasteiger partial charge in [-0.15, -0.1) is 0 Å². The van der Waals surface area contributed by atoms with Crippen LogP contribution in [0.1, 0.15) is 0 Å². The summed E-state index contributed by atoms with van der Waals surface area (Å²) >= 11 is 0. The first-order chi connectivity index (χ1) is 6.93. The third kappa shape index (κ3) is 260.